The highest BCUT2D eigenvalue weighted by molar-refractivity contribution is 7.26. The van der Waals surface area contributed by atoms with E-state index in [4.69, 9.17) is 4.74 Å². The summed E-state index contributed by atoms with van der Waals surface area (Å²) < 4.78 is 6.59. The van der Waals surface area contributed by atoms with Crippen LogP contribution in [0.4, 0.5) is 5.82 Å². The number of fused-ring (bicyclic) bond motifs is 3. The lowest BCUT2D eigenvalue weighted by Crippen LogP contribution is -2.66. The van der Waals surface area contributed by atoms with Crippen molar-refractivity contribution in [1.82, 2.24) is 15.2 Å². The van der Waals surface area contributed by atoms with E-state index in [1.165, 1.54) is 15.6 Å². The molecule has 2 fully saturated rings. The number of hydrogen-bond acceptors (Lipinski definition) is 5. The fourth-order valence-electron chi connectivity index (χ4n) is 3.57. The standard InChI is InChI=1S/C15H16N4OS/c1-8-3-9(2)16-14-10(8)11-12(21-14)13(18-17-11)19-4-15(5-19)6-20-7-15/h3H,4-7H2,1-2H3,(H,17,18). The summed E-state index contributed by atoms with van der Waals surface area (Å²) >= 11 is 1.75. The van der Waals surface area contributed by atoms with Gasteiger partial charge in [-0.1, -0.05) is 0 Å². The van der Waals surface area contributed by atoms with E-state index in [2.05, 4.69) is 40.0 Å². The number of pyridine rings is 1. The maximum Gasteiger partial charge on any atom is 0.168 e. The molecule has 3 aromatic rings. The summed E-state index contributed by atoms with van der Waals surface area (Å²) in [6, 6.07) is 2.14. The van der Waals surface area contributed by atoms with Gasteiger partial charge in [0.1, 0.15) is 4.83 Å². The van der Waals surface area contributed by atoms with Crippen LogP contribution >= 0.6 is 11.3 Å². The molecule has 6 heteroatoms. The first-order chi connectivity index (χ1) is 10.2. The van der Waals surface area contributed by atoms with E-state index in [0.717, 1.165) is 48.2 Å². The lowest BCUT2D eigenvalue weighted by atomic mass is 9.78. The van der Waals surface area contributed by atoms with E-state index in [-0.39, 0.29) is 0 Å². The zero-order valence-electron chi connectivity index (χ0n) is 12.1. The Morgan fingerprint density at radius 3 is 2.86 bits per heavy atom. The number of aromatic amines is 1. The second-order valence-electron chi connectivity index (χ2n) is 6.46. The van der Waals surface area contributed by atoms with Crippen molar-refractivity contribution in [2.45, 2.75) is 13.8 Å². The molecule has 21 heavy (non-hydrogen) atoms. The number of nitrogens with one attached hydrogen (secondary N) is 1. The van der Waals surface area contributed by atoms with Crippen LogP contribution in [0.5, 0.6) is 0 Å². The summed E-state index contributed by atoms with van der Waals surface area (Å²) in [7, 11) is 0. The molecule has 0 atom stereocenters. The lowest BCUT2D eigenvalue weighted by Gasteiger charge is -2.55. The van der Waals surface area contributed by atoms with Gasteiger partial charge in [-0.2, -0.15) is 5.10 Å². The Bertz CT molecular complexity index is 869. The van der Waals surface area contributed by atoms with Crippen LogP contribution in [0.1, 0.15) is 11.3 Å². The number of aromatic nitrogens is 3. The molecule has 1 spiro atoms. The number of nitrogens with zero attached hydrogens (tertiary/aromatic N) is 3. The molecule has 0 saturated carbocycles. The Hall–Kier alpha value is -1.66. The van der Waals surface area contributed by atoms with Gasteiger partial charge in [0.25, 0.3) is 0 Å². The van der Waals surface area contributed by atoms with E-state index in [9.17, 15) is 0 Å². The molecule has 0 bridgehead atoms. The average Bonchev–Trinajstić information content (AvgIpc) is 2.84. The maximum atomic E-state index is 5.35. The van der Waals surface area contributed by atoms with E-state index < -0.39 is 0 Å². The molecule has 3 aromatic heterocycles. The number of ether oxygens (including phenoxy) is 1. The Balaban J connectivity index is 1.64. The first-order valence-electron chi connectivity index (χ1n) is 7.23. The lowest BCUT2D eigenvalue weighted by molar-refractivity contribution is -0.127. The Morgan fingerprint density at radius 2 is 2.14 bits per heavy atom. The molecule has 1 N–H and O–H groups in total. The quantitative estimate of drug-likeness (QED) is 0.750. The fourth-order valence-corrected chi connectivity index (χ4v) is 4.83. The molecule has 0 amide bonds. The third kappa shape index (κ3) is 1.49. The number of thiophene rings is 1. The van der Waals surface area contributed by atoms with Crippen LogP contribution in [-0.4, -0.2) is 41.5 Å². The number of rotatable bonds is 1. The summed E-state index contributed by atoms with van der Waals surface area (Å²) in [6.07, 6.45) is 0. The minimum Gasteiger partial charge on any atom is -0.380 e. The van der Waals surface area contributed by atoms with E-state index in [1.807, 2.05) is 0 Å². The molecular weight excluding hydrogens is 284 g/mol. The third-order valence-electron chi connectivity index (χ3n) is 4.63. The van der Waals surface area contributed by atoms with Crippen molar-refractivity contribution >= 4 is 37.6 Å². The zero-order chi connectivity index (χ0) is 14.2. The molecule has 5 heterocycles. The van der Waals surface area contributed by atoms with Crippen LogP contribution in [0.3, 0.4) is 0 Å². The largest absolute Gasteiger partial charge is 0.380 e. The molecule has 0 aromatic carbocycles. The fraction of sp³-hybridized carbons (Fsp3) is 0.467. The second-order valence-corrected chi connectivity index (χ2v) is 7.46. The van der Waals surface area contributed by atoms with Gasteiger partial charge in [0, 0.05) is 24.2 Å². The number of anilines is 1. The zero-order valence-corrected chi connectivity index (χ0v) is 12.9. The summed E-state index contributed by atoms with van der Waals surface area (Å²) in [5.41, 5.74) is 3.90. The topological polar surface area (TPSA) is 54.0 Å². The van der Waals surface area contributed by atoms with Gasteiger partial charge in [0.15, 0.2) is 5.82 Å². The minimum atomic E-state index is 0.409. The first-order valence-corrected chi connectivity index (χ1v) is 8.04. The highest BCUT2D eigenvalue weighted by Crippen LogP contribution is 2.44. The molecular formula is C15H16N4OS. The van der Waals surface area contributed by atoms with Crippen LogP contribution < -0.4 is 4.90 Å². The van der Waals surface area contributed by atoms with Crippen LogP contribution in [0, 0.1) is 19.3 Å². The molecule has 2 saturated heterocycles. The summed E-state index contributed by atoms with van der Waals surface area (Å²) in [6.45, 7) is 8.13. The van der Waals surface area contributed by atoms with E-state index >= 15 is 0 Å². The van der Waals surface area contributed by atoms with Crippen molar-refractivity contribution in [3.63, 3.8) is 0 Å². The minimum absolute atomic E-state index is 0.409. The van der Waals surface area contributed by atoms with Gasteiger partial charge in [-0.3, -0.25) is 5.10 Å². The normalized spacial score (nSPS) is 20.2. The van der Waals surface area contributed by atoms with Crippen molar-refractivity contribution in [1.29, 1.82) is 0 Å². The van der Waals surface area contributed by atoms with Crippen molar-refractivity contribution < 1.29 is 4.74 Å². The van der Waals surface area contributed by atoms with Crippen molar-refractivity contribution in [2.75, 3.05) is 31.2 Å². The summed E-state index contributed by atoms with van der Waals surface area (Å²) in [5.74, 6) is 1.09. The van der Waals surface area contributed by atoms with Gasteiger partial charge in [-0.05, 0) is 25.5 Å². The van der Waals surface area contributed by atoms with Gasteiger partial charge in [-0.25, -0.2) is 4.98 Å². The van der Waals surface area contributed by atoms with E-state index in [0.29, 0.717) is 5.41 Å². The first kappa shape index (κ1) is 11.9. The average molecular weight is 300 g/mol. The summed E-state index contributed by atoms with van der Waals surface area (Å²) in [4.78, 5) is 8.15. The maximum absolute atomic E-state index is 5.35. The smallest absolute Gasteiger partial charge is 0.168 e. The van der Waals surface area contributed by atoms with Crippen LogP contribution in [0.15, 0.2) is 6.07 Å². The van der Waals surface area contributed by atoms with E-state index in [1.54, 1.807) is 11.3 Å². The molecule has 2 aliphatic rings. The Kier molecular flexibility index (Phi) is 2.13. The predicted octanol–water partition coefficient (Wildman–Crippen LogP) is 2.63. The Morgan fingerprint density at radius 1 is 1.33 bits per heavy atom. The molecule has 0 unspecified atom stereocenters. The number of hydrogen-bond donors (Lipinski definition) is 1. The molecule has 2 aliphatic heterocycles. The molecule has 0 aliphatic carbocycles. The predicted molar refractivity (Wildman–Crippen MR) is 84.2 cm³/mol. The number of aryl methyl sites for hydroxylation is 2. The van der Waals surface area contributed by atoms with Gasteiger partial charge < -0.3 is 9.64 Å². The van der Waals surface area contributed by atoms with Gasteiger partial charge in [-0.15, -0.1) is 11.3 Å². The van der Waals surface area contributed by atoms with Crippen molar-refractivity contribution in [3.8, 4) is 0 Å². The molecule has 5 rings (SSSR count). The monoisotopic (exact) mass is 300 g/mol. The molecule has 0 radical (unpaired) electrons. The van der Waals surface area contributed by atoms with Gasteiger partial charge in [0.05, 0.1) is 28.8 Å². The van der Waals surface area contributed by atoms with Crippen LogP contribution in [0.25, 0.3) is 20.4 Å². The van der Waals surface area contributed by atoms with Gasteiger partial charge in [0.2, 0.25) is 0 Å². The highest BCUT2D eigenvalue weighted by Gasteiger charge is 2.50. The van der Waals surface area contributed by atoms with Crippen molar-refractivity contribution in [2.24, 2.45) is 5.41 Å². The third-order valence-corrected chi connectivity index (χ3v) is 5.71. The van der Waals surface area contributed by atoms with Crippen LogP contribution in [-0.2, 0) is 4.74 Å². The second kappa shape index (κ2) is 3.75. The SMILES string of the molecule is Cc1cc(C)c2c(n1)sc1c(N3CC4(COC4)C3)n[nH]c12. The summed E-state index contributed by atoms with van der Waals surface area (Å²) in [5, 5.41) is 9.01. The Labute approximate surface area is 125 Å². The number of H-pyrrole nitrogens is 1. The molecule has 108 valence electrons. The highest BCUT2D eigenvalue weighted by atomic mass is 32.1. The molecule has 5 nitrogen and oxygen atoms in total. The van der Waals surface area contributed by atoms with Crippen LogP contribution in [0.2, 0.25) is 0 Å². The van der Waals surface area contributed by atoms with Gasteiger partial charge >= 0.3 is 0 Å². The van der Waals surface area contributed by atoms with Crippen molar-refractivity contribution in [3.05, 3.63) is 17.3 Å².